The van der Waals surface area contributed by atoms with Crippen LogP contribution in [0.1, 0.15) is 23.6 Å². The highest BCUT2D eigenvalue weighted by Crippen LogP contribution is 2.40. The lowest BCUT2D eigenvalue weighted by molar-refractivity contribution is 0.194. The van der Waals surface area contributed by atoms with Crippen LogP contribution in [0.3, 0.4) is 0 Å². The van der Waals surface area contributed by atoms with Gasteiger partial charge in [-0.2, -0.15) is 0 Å². The average molecular weight is 341 g/mol. The van der Waals surface area contributed by atoms with Gasteiger partial charge in [-0.25, -0.2) is 9.97 Å². The summed E-state index contributed by atoms with van der Waals surface area (Å²) in [7, 11) is 1.67. The van der Waals surface area contributed by atoms with Gasteiger partial charge in [0.2, 0.25) is 0 Å². The molecule has 1 saturated heterocycles. The summed E-state index contributed by atoms with van der Waals surface area (Å²) < 4.78 is 5.35. The van der Waals surface area contributed by atoms with Crippen molar-refractivity contribution >= 4 is 27.4 Å². The number of nitrogens with zero attached hydrogens (tertiary/aromatic N) is 3. The van der Waals surface area contributed by atoms with Crippen LogP contribution in [0.4, 0.5) is 5.82 Å². The number of rotatable bonds is 3. The van der Waals surface area contributed by atoms with Crippen LogP contribution < -0.4 is 9.64 Å². The molecule has 0 saturated carbocycles. The second-order valence-electron chi connectivity index (χ2n) is 6.13. The van der Waals surface area contributed by atoms with Gasteiger partial charge in [-0.05, 0) is 42.0 Å². The predicted octanol–water partition coefficient (Wildman–Crippen LogP) is 3.32. The molecule has 6 heteroatoms. The fourth-order valence-corrected chi connectivity index (χ4v) is 4.31. The van der Waals surface area contributed by atoms with Crippen LogP contribution in [-0.2, 0) is 0 Å². The van der Waals surface area contributed by atoms with Crippen LogP contribution in [0.5, 0.6) is 5.75 Å². The minimum atomic E-state index is -0.370. The second kappa shape index (κ2) is 6.03. The summed E-state index contributed by atoms with van der Waals surface area (Å²) in [5.74, 6) is 1.73. The number of β-amino-alcohol motifs (C(OH)–C–C–N with tert-alkyl or cyclic N) is 1. The van der Waals surface area contributed by atoms with Gasteiger partial charge in [0.15, 0.2) is 0 Å². The minimum absolute atomic E-state index is 0.0764. The largest absolute Gasteiger partial charge is 0.497 e. The van der Waals surface area contributed by atoms with E-state index in [9.17, 15) is 5.11 Å². The molecule has 0 spiro atoms. The molecule has 1 aliphatic rings. The highest BCUT2D eigenvalue weighted by molar-refractivity contribution is 7.17. The molecular weight excluding hydrogens is 322 g/mol. The number of aliphatic hydroxyl groups is 1. The summed E-state index contributed by atoms with van der Waals surface area (Å²) in [6.07, 6.45) is 1.92. The second-order valence-corrected chi connectivity index (χ2v) is 6.99. The van der Waals surface area contributed by atoms with E-state index in [1.54, 1.807) is 24.8 Å². The van der Waals surface area contributed by atoms with Crippen LogP contribution >= 0.6 is 11.3 Å². The van der Waals surface area contributed by atoms with E-state index in [1.165, 1.54) is 5.56 Å². The van der Waals surface area contributed by atoms with Crippen LogP contribution in [0.2, 0.25) is 0 Å². The summed E-state index contributed by atoms with van der Waals surface area (Å²) in [6, 6.07) is 8.12. The third-order valence-electron chi connectivity index (χ3n) is 4.56. The molecule has 1 aliphatic heterocycles. The van der Waals surface area contributed by atoms with Crippen molar-refractivity contribution in [3.05, 3.63) is 47.1 Å². The maximum absolute atomic E-state index is 10.3. The topological polar surface area (TPSA) is 58.5 Å². The fraction of sp³-hybridized carbons (Fsp3) is 0.333. The zero-order chi connectivity index (χ0) is 16.7. The fourth-order valence-electron chi connectivity index (χ4n) is 3.43. The highest BCUT2D eigenvalue weighted by atomic mass is 32.1. The van der Waals surface area contributed by atoms with Crippen LogP contribution in [0.25, 0.3) is 10.2 Å². The number of aliphatic hydroxyl groups excluding tert-OH is 1. The quantitative estimate of drug-likeness (QED) is 0.792. The van der Waals surface area contributed by atoms with Crippen LogP contribution in [0, 0.1) is 6.92 Å². The number of benzene rings is 1. The molecule has 2 unspecified atom stereocenters. The number of ether oxygens (including phenoxy) is 1. The summed E-state index contributed by atoms with van der Waals surface area (Å²) in [5, 5.41) is 13.5. The van der Waals surface area contributed by atoms with E-state index in [0.717, 1.165) is 27.3 Å². The first kappa shape index (κ1) is 15.4. The van der Waals surface area contributed by atoms with Crippen molar-refractivity contribution in [3.63, 3.8) is 0 Å². The van der Waals surface area contributed by atoms with E-state index >= 15 is 0 Å². The number of aryl methyl sites for hydroxylation is 1. The Morgan fingerprint density at radius 1 is 1.33 bits per heavy atom. The Labute approximate surface area is 144 Å². The summed E-state index contributed by atoms with van der Waals surface area (Å²) in [5.41, 5.74) is 2.31. The average Bonchev–Trinajstić information content (AvgIpc) is 3.18. The number of aromatic nitrogens is 2. The first-order chi connectivity index (χ1) is 11.7. The van der Waals surface area contributed by atoms with E-state index in [4.69, 9.17) is 4.74 Å². The van der Waals surface area contributed by atoms with E-state index in [0.29, 0.717) is 13.0 Å². The Hall–Kier alpha value is -2.18. The summed E-state index contributed by atoms with van der Waals surface area (Å²) in [4.78, 5) is 12.1. The molecule has 0 radical (unpaired) electrons. The lowest BCUT2D eigenvalue weighted by Crippen LogP contribution is -2.25. The lowest BCUT2D eigenvalue weighted by atomic mass is 10.0. The molecule has 3 aromatic rings. The number of hydrogen-bond donors (Lipinski definition) is 1. The van der Waals surface area contributed by atoms with Crippen molar-refractivity contribution in [1.82, 2.24) is 9.97 Å². The number of anilines is 1. The Bertz CT molecular complexity index is 880. The molecule has 1 N–H and O–H groups in total. The monoisotopic (exact) mass is 341 g/mol. The zero-order valence-corrected chi connectivity index (χ0v) is 14.5. The van der Waals surface area contributed by atoms with Gasteiger partial charge in [-0.1, -0.05) is 12.1 Å². The normalized spacial score (nSPS) is 20.7. The Morgan fingerprint density at radius 3 is 3.04 bits per heavy atom. The maximum atomic E-state index is 10.3. The molecule has 1 fully saturated rings. The number of thiophene rings is 1. The van der Waals surface area contributed by atoms with Gasteiger partial charge in [0.25, 0.3) is 0 Å². The number of fused-ring (bicyclic) bond motifs is 1. The first-order valence-corrected chi connectivity index (χ1v) is 8.83. The van der Waals surface area contributed by atoms with Gasteiger partial charge in [-0.3, -0.25) is 0 Å². The highest BCUT2D eigenvalue weighted by Gasteiger charge is 2.34. The van der Waals surface area contributed by atoms with Gasteiger partial charge < -0.3 is 14.7 Å². The molecule has 0 amide bonds. The molecule has 1 aromatic carbocycles. The van der Waals surface area contributed by atoms with Gasteiger partial charge in [0.05, 0.1) is 24.6 Å². The molecule has 0 bridgehead atoms. The van der Waals surface area contributed by atoms with Gasteiger partial charge in [0.1, 0.15) is 22.7 Å². The third-order valence-corrected chi connectivity index (χ3v) is 5.57. The molecule has 24 heavy (non-hydrogen) atoms. The van der Waals surface area contributed by atoms with E-state index in [2.05, 4.69) is 33.2 Å². The van der Waals surface area contributed by atoms with Crippen molar-refractivity contribution in [2.75, 3.05) is 18.6 Å². The molecule has 5 nitrogen and oxygen atoms in total. The van der Waals surface area contributed by atoms with Crippen molar-refractivity contribution < 1.29 is 9.84 Å². The lowest BCUT2D eigenvalue weighted by Gasteiger charge is -2.26. The van der Waals surface area contributed by atoms with Crippen molar-refractivity contribution in [3.8, 4) is 5.75 Å². The Morgan fingerprint density at radius 2 is 2.21 bits per heavy atom. The number of hydrogen-bond acceptors (Lipinski definition) is 6. The van der Waals surface area contributed by atoms with Gasteiger partial charge >= 0.3 is 0 Å². The smallest absolute Gasteiger partial charge is 0.141 e. The number of methoxy groups -OCH3 is 1. The van der Waals surface area contributed by atoms with E-state index in [1.807, 2.05) is 18.2 Å². The first-order valence-electron chi connectivity index (χ1n) is 7.95. The molecule has 2 atom stereocenters. The zero-order valence-electron chi connectivity index (χ0n) is 13.6. The van der Waals surface area contributed by atoms with Crippen LogP contribution in [-0.4, -0.2) is 34.8 Å². The summed E-state index contributed by atoms with van der Waals surface area (Å²) >= 11 is 1.63. The predicted molar refractivity (Wildman–Crippen MR) is 95.9 cm³/mol. The Balaban J connectivity index is 1.81. The molecule has 4 rings (SSSR count). The van der Waals surface area contributed by atoms with Gasteiger partial charge in [-0.15, -0.1) is 11.3 Å². The summed E-state index contributed by atoms with van der Waals surface area (Å²) in [6.45, 7) is 2.65. The molecule has 2 aromatic heterocycles. The van der Waals surface area contributed by atoms with E-state index < -0.39 is 0 Å². The van der Waals surface area contributed by atoms with Crippen LogP contribution in [0.15, 0.2) is 36.0 Å². The SMILES string of the molecule is COc1cccc(C2CC(O)CN2c2ncnc3scc(C)c23)c1. The molecule has 3 heterocycles. The van der Waals surface area contributed by atoms with Gasteiger partial charge in [0, 0.05) is 6.54 Å². The molecule has 0 aliphatic carbocycles. The van der Waals surface area contributed by atoms with Crippen molar-refractivity contribution in [1.29, 1.82) is 0 Å². The van der Waals surface area contributed by atoms with Crippen molar-refractivity contribution in [2.24, 2.45) is 0 Å². The molecule has 124 valence electrons. The third kappa shape index (κ3) is 2.52. The molecular formula is C18H19N3O2S. The minimum Gasteiger partial charge on any atom is -0.497 e. The standard InChI is InChI=1S/C18H19N3O2S/c1-11-9-24-18-16(11)17(19-10-20-18)21-8-13(22)7-15(21)12-4-3-5-14(6-12)23-2/h3-6,9-10,13,15,22H,7-8H2,1-2H3. The van der Waals surface area contributed by atoms with E-state index in [-0.39, 0.29) is 12.1 Å². The maximum Gasteiger partial charge on any atom is 0.141 e. The van der Waals surface area contributed by atoms with Crippen molar-refractivity contribution in [2.45, 2.75) is 25.5 Å². The Kier molecular flexibility index (Phi) is 3.86.